The van der Waals surface area contributed by atoms with Gasteiger partial charge in [0.1, 0.15) is 0 Å². The summed E-state index contributed by atoms with van der Waals surface area (Å²) in [4.78, 5) is 0. The van der Waals surface area contributed by atoms with E-state index in [2.05, 4.69) is 6.92 Å². The molecule has 112 valence electrons. The molecule has 0 amide bonds. The van der Waals surface area contributed by atoms with Crippen LogP contribution in [-0.2, 0) is 10.4 Å². The first-order valence-corrected chi connectivity index (χ1v) is 9.92. The van der Waals surface area contributed by atoms with Crippen LogP contribution in [0.25, 0.3) is 0 Å². The van der Waals surface area contributed by atoms with E-state index in [1.54, 1.807) is 0 Å². The molecule has 0 saturated heterocycles. The van der Waals surface area contributed by atoms with Crippen LogP contribution in [-0.4, -0.2) is 45.5 Å². The summed E-state index contributed by atoms with van der Waals surface area (Å²) in [5.74, 6) is 0. The van der Waals surface area contributed by atoms with Gasteiger partial charge in [-0.3, -0.25) is 9.11 Å². The van der Waals surface area contributed by atoms with Crippen molar-refractivity contribution in [1.82, 2.24) is 0 Å². The van der Waals surface area contributed by atoms with Crippen molar-refractivity contribution in [3.63, 3.8) is 0 Å². The molecule has 1 aromatic rings. The number of benzene rings is 1. The summed E-state index contributed by atoms with van der Waals surface area (Å²) in [6.07, 6.45) is 8.76. The van der Waals surface area contributed by atoms with Gasteiger partial charge in [0.15, 0.2) is 0 Å². The SMILES string of the molecule is CCCCCCC[CH2][Na].O=S(=O)(O)O.c1ccccc1. The van der Waals surface area contributed by atoms with Gasteiger partial charge in [0.05, 0.1) is 0 Å². The van der Waals surface area contributed by atoms with Crippen LogP contribution >= 0.6 is 0 Å². The van der Waals surface area contributed by atoms with Gasteiger partial charge in [-0.25, -0.2) is 0 Å². The van der Waals surface area contributed by atoms with Crippen LogP contribution in [0.5, 0.6) is 0 Å². The largest absolute Gasteiger partial charge is 0.394 e. The van der Waals surface area contributed by atoms with Crippen LogP contribution in [0, 0.1) is 0 Å². The molecule has 0 fully saturated rings. The predicted octanol–water partition coefficient (Wildman–Crippen LogP) is 3.97. The first kappa shape index (κ1) is 22.4. The summed E-state index contributed by atoms with van der Waals surface area (Å²) in [5.41, 5.74) is 0. The summed E-state index contributed by atoms with van der Waals surface area (Å²) >= 11 is 1.41. The molecule has 0 spiro atoms. The molecule has 1 rings (SSSR count). The van der Waals surface area contributed by atoms with Crippen LogP contribution in [0.2, 0.25) is 3.67 Å². The zero-order valence-electron chi connectivity index (χ0n) is 12.5. The van der Waals surface area contributed by atoms with Crippen molar-refractivity contribution in [2.24, 2.45) is 0 Å². The van der Waals surface area contributed by atoms with Gasteiger partial charge in [0.25, 0.3) is 0 Å². The van der Waals surface area contributed by atoms with Gasteiger partial charge in [0, 0.05) is 0 Å². The number of hydrogen-bond donors (Lipinski definition) is 2. The van der Waals surface area contributed by atoms with E-state index < -0.39 is 10.4 Å². The van der Waals surface area contributed by atoms with Gasteiger partial charge in [-0.2, -0.15) is 8.42 Å². The molecule has 0 saturated carbocycles. The first-order valence-electron chi connectivity index (χ1n) is 7.11. The minimum atomic E-state index is -4.67. The molecule has 0 unspecified atom stereocenters. The molecule has 0 heterocycles. The van der Waals surface area contributed by atoms with Crippen molar-refractivity contribution in [3.05, 3.63) is 36.4 Å². The Kier molecular flexibility index (Phi) is 19.2. The standard InChI is InChI=1S/C8H17.C6H6.Na.H2O4S/c1-3-5-7-8-6-4-2;1-2-4-6-5-3-1;;1-5(2,3)4/h1,3-8H2,2H3;1-6H;;(H2,1,2,3,4). The molecule has 6 heteroatoms. The van der Waals surface area contributed by atoms with Crippen LogP contribution in [0.4, 0.5) is 0 Å². The number of hydrogen-bond acceptors (Lipinski definition) is 2. The smallest absolute Gasteiger partial charge is 0.264 e. The molecule has 0 aliphatic carbocycles. The number of unbranched alkanes of at least 4 members (excludes halogenated alkanes) is 5. The second kappa shape index (κ2) is 17.1. The molecule has 0 radical (unpaired) electrons. The van der Waals surface area contributed by atoms with E-state index in [4.69, 9.17) is 17.5 Å². The summed E-state index contributed by atoms with van der Waals surface area (Å²) in [5, 5.41) is 0. The van der Waals surface area contributed by atoms with E-state index in [9.17, 15) is 0 Å². The second-order valence-electron chi connectivity index (χ2n) is 4.37. The third-order valence-electron chi connectivity index (χ3n) is 2.37. The molecular weight excluding hydrogens is 287 g/mol. The fraction of sp³-hybridized carbons (Fsp3) is 0.571. The molecule has 0 aliphatic heterocycles. The fourth-order valence-corrected chi connectivity index (χ4v) is 1.92. The minimum Gasteiger partial charge on any atom is -0.264 e. The van der Waals surface area contributed by atoms with Gasteiger partial charge >= 0.3 is 87.4 Å². The summed E-state index contributed by atoms with van der Waals surface area (Å²) in [7, 11) is -4.67. The van der Waals surface area contributed by atoms with Crippen molar-refractivity contribution in [1.29, 1.82) is 0 Å². The molecule has 4 nitrogen and oxygen atoms in total. The molecule has 1 aromatic carbocycles. The van der Waals surface area contributed by atoms with Crippen molar-refractivity contribution < 1.29 is 17.5 Å². The molecular formula is C14H25NaO4S. The molecule has 0 aromatic heterocycles. The molecule has 2 N–H and O–H groups in total. The van der Waals surface area contributed by atoms with Gasteiger partial charge < -0.3 is 0 Å². The van der Waals surface area contributed by atoms with Crippen molar-refractivity contribution in [2.75, 3.05) is 0 Å². The predicted molar refractivity (Wildman–Crippen MR) is 84.6 cm³/mol. The Balaban J connectivity index is 0. The Hall–Kier alpha value is 0.0900. The number of rotatable bonds is 6. The average Bonchev–Trinajstić information content (AvgIpc) is 2.40. The maximum atomic E-state index is 8.74. The van der Waals surface area contributed by atoms with Gasteiger partial charge in [0.2, 0.25) is 0 Å². The van der Waals surface area contributed by atoms with E-state index in [1.807, 2.05) is 36.4 Å². The van der Waals surface area contributed by atoms with Crippen LogP contribution in [0.3, 0.4) is 0 Å². The minimum absolute atomic E-state index is 1.38. The quantitative estimate of drug-likeness (QED) is 0.473. The van der Waals surface area contributed by atoms with Gasteiger partial charge in [-0.1, -0.05) is 36.4 Å². The van der Waals surface area contributed by atoms with E-state index in [0.717, 1.165) is 0 Å². The molecule has 20 heavy (non-hydrogen) atoms. The van der Waals surface area contributed by atoms with Crippen LogP contribution in [0.15, 0.2) is 36.4 Å². The molecule has 0 atom stereocenters. The third kappa shape index (κ3) is 36.1. The topological polar surface area (TPSA) is 74.6 Å². The molecule has 0 aliphatic rings. The Morgan fingerprint density at radius 2 is 1.10 bits per heavy atom. The zero-order chi connectivity index (χ0) is 15.7. The Labute approximate surface area is 141 Å². The second-order valence-corrected chi connectivity index (χ2v) is 6.27. The summed E-state index contributed by atoms with van der Waals surface area (Å²) in [6, 6.07) is 12.0. The van der Waals surface area contributed by atoms with Crippen molar-refractivity contribution >= 4 is 38.3 Å². The maximum absolute atomic E-state index is 8.74. The van der Waals surface area contributed by atoms with Gasteiger partial charge in [-0.15, -0.1) is 0 Å². The van der Waals surface area contributed by atoms with E-state index in [0.29, 0.717) is 0 Å². The summed E-state index contributed by atoms with van der Waals surface area (Å²) in [6.45, 7) is 2.27. The van der Waals surface area contributed by atoms with Crippen LogP contribution < -0.4 is 0 Å². The van der Waals surface area contributed by atoms with Gasteiger partial charge in [-0.05, 0) is 0 Å². The van der Waals surface area contributed by atoms with Crippen molar-refractivity contribution in [3.8, 4) is 0 Å². The normalized spacial score (nSPS) is 9.85. The molecule has 0 bridgehead atoms. The monoisotopic (exact) mass is 312 g/mol. The zero-order valence-corrected chi connectivity index (χ0v) is 15.3. The van der Waals surface area contributed by atoms with E-state index in [-0.39, 0.29) is 0 Å². The Morgan fingerprint density at radius 3 is 1.40 bits per heavy atom. The maximum Gasteiger partial charge on any atom is 0.394 e. The Morgan fingerprint density at radius 1 is 0.800 bits per heavy atom. The van der Waals surface area contributed by atoms with Crippen molar-refractivity contribution in [2.45, 2.75) is 49.1 Å². The first-order chi connectivity index (χ1) is 9.41. The third-order valence-corrected chi connectivity index (χ3v) is 3.08. The van der Waals surface area contributed by atoms with E-state index in [1.165, 1.54) is 70.1 Å². The fourth-order valence-electron chi connectivity index (χ4n) is 1.42. The Bertz CT molecular complexity index is 327. The van der Waals surface area contributed by atoms with E-state index >= 15 is 0 Å². The average molecular weight is 312 g/mol. The van der Waals surface area contributed by atoms with Crippen LogP contribution in [0.1, 0.15) is 45.4 Å². The summed E-state index contributed by atoms with van der Waals surface area (Å²) < 4.78 is 33.1.